The molecular weight excluding hydrogens is 332 g/mol. The molecule has 0 spiro atoms. The quantitative estimate of drug-likeness (QED) is 0.637. The van der Waals surface area contributed by atoms with E-state index in [0.717, 1.165) is 46.0 Å². The van der Waals surface area contributed by atoms with Gasteiger partial charge in [0.25, 0.3) is 0 Å². The first-order valence-corrected chi connectivity index (χ1v) is 9.50. The van der Waals surface area contributed by atoms with Crippen LogP contribution in [0.15, 0.2) is 48.5 Å². The summed E-state index contributed by atoms with van der Waals surface area (Å²) < 4.78 is 6.61. The number of para-hydroxylation sites is 1. The van der Waals surface area contributed by atoms with E-state index in [9.17, 15) is 4.79 Å². The lowest BCUT2D eigenvalue weighted by Crippen LogP contribution is -2.35. The monoisotopic (exact) mass is 352 g/mol. The molecule has 0 saturated heterocycles. The van der Waals surface area contributed by atoms with Gasteiger partial charge in [-0.1, -0.05) is 29.9 Å². The average Bonchev–Trinajstić information content (AvgIpc) is 2.99. The first kappa shape index (κ1) is 16.1. The molecule has 0 radical (unpaired) electrons. The highest BCUT2D eigenvalue weighted by Crippen LogP contribution is 2.38. The van der Waals surface area contributed by atoms with Crippen molar-refractivity contribution in [2.24, 2.45) is 5.92 Å². The Hall–Kier alpha value is -2.40. The smallest absolute Gasteiger partial charge is 0.236 e. The van der Waals surface area contributed by atoms with E-state index in [0.29, 0.717) is 6.61 Å². The molecule has 3 aromatic rings. The van der Waals surface area contributed by atoms with Crippen LogP contribution in [0, 0.1) is 5.92 Å². The van der Waals surface area contributed by atoms with Crippen molar-refractivity contribution >= 4 is 38.3 Å². The molecule has 0 atom stereocenters. The van der Waals surface area contributed by atoms with Crippen LogP contribution in [0.4, 0.5) is 10.8 Å². The van der Waals surface area contributed by atoms with Crippen LogP contribution < -0.4 is 9.64 Å². The largest absolute Gasteiger partial charge is 0.494 e. The number of thiazole rings is 1. The van der Waals surface area contributed by atoms with Crippen LogP contribution in [-0.4, -0.2) is 17.5 Å². The maximum atomic E-state index is 13.1. The third-order valence-electron chi connectivity index (χ3n) is 4.55. The molecular formula is C20H20N2O2S. The maximum Gasteiger partial charge on any atom is 0.236 e. The van der Waals surface area contributed by atoms with Gasteiger partial charge in [0.15, 0.2) is 5.13 Å². The fourth-order valence-corrected chi connectivity index (χ4v) is 3.98. The van der Waals surface area contributed by atoms with Crippen molar-refractivity contribution in [1.29, 1.82) is 0 Å². The summed E-state index contributed by atoms with van der Waals surface area (Å²) in [6.45, 7) is 2.59. The maximum absolute atomic E-state index is 13.1. The van der Waals surface area contributed by atoms with E-state index in [2.05, 4.69) is 0 Å². The summed E-state index contributed by atoms with van der Waals surface area (Å²) in [4.78, 5) is 19.6. The molecule has 1 amide bonds. The van der Waals surface area contributed by atoms with Gasteiger partial charge in [0.05, 0.1) is 22.5 Å². The van der Waals surface area contributed by atoms with Gasteiger partial charge in [0, 0.05) is 5.92 Å². The van der Waals surface area contributed by atoms with Gasteiger partial charge in [-0.15, -0.1) is 0 Å². The highest BCUT2D eigenvalue weighted by Gasteiger charge is 2.32. The molecule has 0 N–H and O–H groups in total. The van der Waals surface area contributed by atoms with Gasteiger partial charge < -0.3 is 4.74 Å². The number of carbonyl (C=O) groups excluding carboxylic acids is 1. The molecule has 4 rings (SSSR count). The van der Waals surface area contributed by atoms with Crippen LogP contribution in [0.25, 0.3) is 10.2 Å². The van der Waals surface area contributed by atoms with E-state index in [1.54, 1.807) is 16.2 Å². The second-order valence-corrected chi connectivity index (χ2v) is 7.20. The highest BCUT2D eigenvalue weighted by molar-refractivity contribution is 7.22. The first-order valence-electron chi connectivity index (χ1n) is 8.68. The van der Waals surface area contributed by atoms with Crippen LogP contribution in [0.5, 0.6) is 5.75 Å². The van der Waals surface area contributed by atoms with Crippen molar-refractivity contribution in [3.8, 4) is 5.75 Å². The Labute approximate surface area is 151 Å². The number of anilines is 2. The molecule has 1 aromatic heterocycles. The summed E-state index contributed by atoms with van der Waals surface area (Å²) in [6.07, 6.45) is 3.07. The van der Waals surface area contributed by atoms with Crippen LogP contribution >= 0.6 is 11.3 Å². The number of carbonyl (C=O) groups is 1. The van der Waals surface area contributed by atoms with Gasteiger partial charge in [-0.2, -0.15) is 0 Å². The number of hydrogen-bond acceptors (Lipinski definition) is 4. The van der Waals surface area contributed by atoms with Gasteiger partial charge in [-0.05, 0) is 56.2 Å². The highest BCUT2D eigenvalue weighted by atomic mass is 32.1. The van der Waals surface area contributed by atoms with E-state index < -0.39 is 0 Å². The third kappa shape index (κ3) is 3.12. The minimum absolute atomic E-state index is 0.110. The summed E-state index contributed by atoms with van der Waals surface area (Å²) in [5, 5.41) is 0.738. The van der Waals surface area contributed by atoms with E-state index in [1.165, 1.54) is 0 Å². The van der Waals surface area contributed by atoms with E-state index in [1.807, 2.05) is 55.5 Å². The Morgan fingerprint density at radius 2 is 1.96 bits per heavy atom. The summed E-state index contributed by atoms with van der Waals surface area (Å²) in [5.74, 6) is 1.07. The second kappa shape index (κ2) is 6.84. The topological polar surface area (TPSA) is 42.4 Å². The van der Waals surface area contributed by atoms with Crippen molar-refractivity contribution < 1.29 is 9.53 Å². The second-order valence-electron chi connectivity index (χ2n) is 6.19. The van der Waals surface area contributed by atoms with Crippen LogP contribution in [0.1, 0.15) is 26.2 Å². The van der Waals surface area contributed by atoms with Crippen LogP contribution in [-0.2, 0) is 4.79 Å². The van der Waals surface area contributed by atoms with E-state index in [4.69, 9.17) is 9.72 Å². The van der Waals surface area contributed by atoms with Gasteiger partial charge in [-0.25, -0.2) is 4.98 Å². The molecule has 1 saturated carbocycles. The lowest BCUT2D eigenvalue weighted by Gasteiger charge is -2.30. The minimum atomic E-state index is 0.110. The molecule has 0 aliphatic heterocycles. The first-order chi connectivity index (χ1) is 12.3. The van der Waals surface area contributed by atoms with Crippen LogP contribution in [0.2, 0.25) is 0 Å². The van der Waals surface area contributed by atoms with Crippen molar-refractivity contribution in [1.82, 2.24) is 4.98 Å². The zero-order chi connectivity index (χ0) is 17.2. The molecule has 25 heavy (non-hydrogen) atoms. The number of amides is 1. The number of ether oxygens (including phenoxy) is 1. The zero-order valence-corrected chi connectivity index (χ0v) is 15.0. The third-order valence-corrected chi connectivity index (χ3v) is 5.58. The Balaban J connectivity index is 1.74. The Bertz CT molecular complexity index is 851. The Morgan fingerprint density at radius 3 is 2.60 bits per heavy atom. The number of fused-ring (bicyclic) bond motifs is 1. The van der Waals surface area contributed by atoms with Gasteiger partial charge >= 0.3 is 0 Å². The standard InChI is InChI=1S/C20H20N2O2S/c1-2-24-16-12-10-15(11-13-16)22(19(23)14-6-5-7-14)20-21-17-8-3-4-9-18(17)25-20/h3-4,8-14H,2,5-7H2,1H3. The van der Waals surface area contributed by atoms with Crippen molar-refractivity contribution in [2.45, 2.75) is 26.2 Å². The normalized spacial score (nSPS) is 14.3. The van der Waals surface area contributed by atoms with Crippen molar-refractivity contribution in [2.75, 3.05) is 11.5 Å². The Morgan fingerprint density at radius 1 is 1.20 bits per heavy atom. The predicted molar refractivity (Wildman–Crippen MR) is 102 cm³/mol. The number of hydrogen-bond donors (Lipinski definition) is 0. The molecule has 0 bridgehead atoms. The predicted octanol–water partition coefficient (Wildman–Crippen LogP) is 5.16. The molecule has 1 aliphatic rings. The number of aromatic nitrogens is 1. The van der Waals surface area contributed by atoms with Gasteiger partial charge in [0.1, 0.15) is 5.75 Å². The SMILES string of the molecule is CCOc1ccc(N(C(=O)C2CCC2)c2nc3ccccc3s2)cc1. The molecule has 5 heteroatoms. The van der Waals surface area contributed by atoms with Gasteiger partial charge in [-0.3, -0.25) is 9.69 Å². The Kier molecular flexibility index (Phi) is 4.40. The van der Waals surface area contributed by atoms with Crippen molar-refractivity contribution in [3.63, 3.8) is 0 Å². The molecule has 4 nitrogen and oxygen atoms in total. The molecule has 1 heterocycles. The number of nitrogens with zero attached hydrogens (tertiary/aromatic N) is 2. The summed E-state index contributed by atoms with van der Waals surface area (Å²) in [6, 6.07) is 15.7. The summed E-state index contributed by atoms with van der Waals surface area (Å²) in [5.41, 5.74) is 1.78. The lowest BCUT2D eigenvalue weighted by molar-refractivity contribution is -0.123. The van der Waals surface area contributed by atoms with Crippen LogP contribution in [0.3, 0.4) is 0 Å². The molecule has 1 aliphatic carbocycles. The fourth-order valence-electron chi connectivity index (χ4n) is 2.98. The fraction of sp³-hybridized carbons (Fsp3) is 0.300. The van der Waals surface area contributed by atoms with E-state index in [-0.39, 0.29) is 11.8 Å². The number of benzene rings is 2. The molecule has 0 unspecified atom stereocenters. The lowest BCUT2D eigenvalue weighted by atomic mass is 9.84. The molecule has 1 fully saturated rings. The molecule has 2 aromatic carbocycles. The van der Waals surface area contributed by atoms with Crippen molar-refractivity contribution in [3.05, 3.63) is 48.5 Å². The molecule has 128 valence electrons. The van der Waals surface area contributed by atoms with E-state index >= 15 is 0 Å². The average molecular weight is 352 g/mol. The van der Waals surface area contributed by atoms with Gasteiger partial charge in [0.2, 0.25) is 5.91 Å². The zero-order valence-electron chi connectivity index (χ0n) is 14.1. The summed E-state index contributed by atoms with van der Waals surface area (Å²) in [7, 11) is 0. The summed E-state index contributed by atoms with van der Waals surface area (Å²) >= 11 is 1.56. The minimum Gasteiger partial charge on any atom is -0.494 e. The number of rotatable bonds is 5.